The molecule has 5 rings (SSSR count). The van der Waals surface area contributed by atoms with Crippen LogP contribution in [-0.4, -0.2) is 127 Å². The lowest BCUT2D eigenvalue weighted by Crippen LogP contribution is -2.47. The third-order valence-corrected chi connectivity index (χ3v) is 10.4. The lowest BCUT2D eigenvalue weighted by Gasteiger charge is -2.36. The molecule has 1 amide bonds. The number of pyridine rings is 1. The van der Waals surface area contributed by atoms with E-state index in [2.05, 4.69) is 55.0 Å². The van der Waals surface area contributed by atoms with Gasteiger partial charge < -0.3 is 45.9 Å². The zero-order chi connectivity index (χ0) is 40.2. The monoisotopic (exact) mass is 786 g/mol. The Bertz CT molecular complexity index is 1750. The molecule has 1 aromatic heterocycles. The van der Waals surface area contributed by atoms with Gasteiger partial charge in [0, 0.05) is 75.8 Å². The number of nitrogens with two attached hydrogens (primary N) is 2. The number of benzene rings is 1. The molecule has 57 heavy (non-hydrogen) atoms. The standard InChI is InChI=1S/C43H62N8O6/c1-32-40(33-11-8-6-4-3-5-7-9-12-33)48-37(42(32)53)13-10-17-47-38(52)16-23-54-25-27-56-29-30-57-28-26-55-24-22-50-18-20-51(21-19-50)34-14-15-36-35(31-34)39(44)41(46-2)43(45)49-36/h3-9,11-12,14-15,31-32,37,40,46,48H,10,13,16-30H2,1-2H3,(H,47,52)(H4,44,45,49). The quantitative estimate of drug-likeness (QED) is 0.0926. The van der Waals surface area contributed by atoms with Gasteiger partial charge in [-0.25, -0.2) is 4.98 Å². The van der Waals surface area contributed by atoms with Crippen molar-refractivity contribution >= 4 is 45.5 Å². The van der Waals surface area contributed by atoms with E-state index in [0.717, 1.165) is 61.3 Å². The molecule has 310 valence electrons. The summed E-state index contributed by atoms with van der Waals surface area (Å²) in [7, 11) is 1.80. The second kappa shape index (κ2) is 23.6. The van der Waals surface area contributed by atoms with Crippen molar-refractivity contribution in [2.24, 2.45) is 5.92 Å². The van der Waals surface area contributed by atoms with Gasteiger partial charge in [-0.3, -0.25) is 19.8 Å². The zero-order valence-electron chi connectivity index (χ0n) is 33.6. The molecule has 0 aliphatic carbocycles. The number of ether oxygens (including phenoxy) is 4. The van der Waals surface area contributed by atoms with Crippen molar-refractivity contribution in [3.8, 4) is 0 Å². The lowest BCUT2D eigenvalue weighted by atomic mass is 9.94. The first kappa shape index (κ1) is 43.6. The van der Waals surface area contributed by atoms with E-state index >= 15 is 0 Å². The van der Waals surface area contributed by atoms with Gasteiger partial charge in [0.15, 0.2) is 5.78 Å². The molecule has 14 heteroatoms. The molecule has 2 aliphatic heterocycles. The fourth-order valence-electron chi connectivity index (χ4n) is 7.18. The van der Waals surface area contributed by atoms with Crippen LogP contribution in [0.15, 0.2) is 72.8 Å². The van der Waals surface area contributed by atoms with Crippen molar-refractivity contribution in [3.05, 3.63) is 78.4 Å². The average Bonchev–Trinajstić information content (AvgIpc) is 3.50. The first-order valence-electron chi connectivity index (χ1n) is 20.2. The van der Waals surface area contributed by atoms with Crippen LogP contribution < -0.4 is 32.3 Å². The highest BCUT2D eigenvalue weighted by Gasteiger charge is 2.38. The van der Waals surface area contributed by atoms with Crippen LogP contribution in [0.25, 0.3) is 10.9 Å². The molecule has 0 radical (unpaired) electrons. The van der Waals surface area contributed by atoms with Gasteiger partial charge in [-0.05, 0) is 36.6 Å². The maximum atomic E-state index is 12.9. The molecule has 0 saturated carbocycles. The first-order chi connectivity index (χ1) is 27.9. The number of nitrogens with one attached hydrogen (secondary N) is 3. The predicted molar refractivity (Wildman–Crippen MR) is 227 cm³/mol. The molecule has 2 aliphatic rings. The summed E-state index contributed by atoms with van der Waals surface area (Å²) in [5.41, 5.74) is 16.7. The summed E-state index contributed by atoms with van der Waals surface area (Å²) in [6.45, 7) is 11.0. The largest absolute Gasteiger partial charge is 0.396 e. The van der Waals surface area contributed by atoms with Crippen molar-refractivity contribution in [2.75, 3.05) is 121 Å². The number of carbonyl (C=O) groups is 2. The number of ketones is 1. The summed E-state index contributed by atoms with van der Waals surface area (Å²) in [5.74, 6) is 0.455. The first-order valence-corrected chi connectivity index (χ1v) is 20.2. The van der Waals surface area contributed by atoms with Crippen molar-refractivity contribution in [1.29, 1.82) is 0 Å². The highest BCUT2D eigenvalue weighted by atomic mass is 16.6. The van der Waals surface area contributed by atoms with E-state index in [1.807, 2.05) is 55.5 Å². The number of fused-ring (bicyclic) bond motifs is 1. The van der Waals surface area contributed by atoms with Gasteiger partial charge in [0.05, 0.1) is 70.1 Å². The second-order valence-corrected chi connectivity index (χ2v) is 14.3. The molecule has 0 bridgehead atoms. The van der Waals surface area contributed by atoms with Gasteiger partial charge in [-0.15, -0.1) is 0 Å². The Morgan fingerprint density at radius 2 is 1.46 bits per heavy atom. The average molecular weight is 787 g/mol. The summed E-state index contributed by atoms with van der Waals surface area (Å²) in [4.78, 5) is 34.5. The van der Waals surface area contributed by atoms with E-state index in [1.165, 1.54) is 0 Å². The van der Waals surface area contributed by atoms with Gasteiger partial charge in [0.2, 0.25) is 5.91 Å². The Kier molecular flexibility index (Phi) is 18.0. The van der Waals surface area contributed by atoms with E-state index in [4.69, 9.17) is 30.4 Å². The van der Waals surface area contributed by atoms with Crippen molar-refractivity contribution in [1.82, 2.24) is 20.5 Å². The smallest absolute Gasteiger partial charge is 0.222 e. The zero-order valence-corrected chi connectivity index (χ0v) is 33.6. The van der Waals surface area contributed by atoms with Crippen LogP contribution in [0.5, 0.6) is 0 Å². The third kappa shape index (κ3) is 13.5. The number of Topliss-reactive ketones (excluding diaryl/α,β-unsaturated/α-hetero) is 1. The number of hydrogen-bond acceptors (Lipinski definition) is 13. The van der Waals surface area contributed by atoms with Crippen LogP contribution >= 0.6 is 0 Å². The Balaban J connectivity index is 0.807. The summed E-state index contributed by atoms with van der Waals surface area (Å²) in [5, 5.41) is 10.4. The van der Waals surface area contributed by atoms with Crippen LogP contribution in [0.2, 0.25) is 0 Å². The van der Waals surface area contributed by atoms with Crippen LogP contribution in [0.3, 0.4) is 0 Å². The van der Waals surface area contributed by atoms with E-state index in [0.29, 0.717) is 83.0 Å². The molecular weight excluding hydrogens is 725 g/mol. The summed E-state index contributed by atoms with van der Waals surface area (Å²) < 4.78 is 22.6. The molecule has 3 unspecified atom stereocenters. The van der Waals surface area contributed by atoms with E-state index in [-0.39, 0.29) is 36.1 Å². The Morgan fingerprint density at radius 3 is 2.11 bits per heavy atom. The Morgan fingerprint density at radius 1 is 0.842 bits per heavy atom. The van der Waals surface area contributed by atoms with Crippen molar-refractivity contribution < 1.29 is 28.5 Å². The number of nitrogen functional groups attached to an aromatic ring is 2. The highest BCUT2D eigenvalue weighted by molar-refractivity contribution is 6.01. The normalized spacial score (nSPS) is 18.5. The molecule has 2 fully saturated rings. The second-order valence-electron chi connectivity index (χ2n) is 14.3. The number of piperazine rings is 1. The SMILES string of the molecule is CNc1c(N)nc2ccc(N3CCN(CCOCCOCCOCCOCCC(=O)NCCCC4NC(c5ccccccccc5)C(C)C4=O)CC3)cc2c1N. The minimum Gasteiger partial charge on any atom is -0.396 e. The van der Waals surface area contributed by atoms with E-state index < -0.39 is 0 Å². The summed E-state index contributed by atoms with van der Waals surface area (Å²) in [6.07, 6.45) is 1.68. The van der Waals surface area contributed by atoms with Crippen LogP contribution in [0.1, 0.15) is 37.8 Å². The molecule has 2 aromatic carbocycles. The predicted octanol–water partition coefficient (Wildman–Crippen LogP) is 3.96. The number of aromatic nitrogens is 1. The van der Waals surface area contributed by atoms with Crippen LogP contribution in [-0.2, 0) is 28.5 Å². The van der Waals surface area contributed by atoms with Gasteiger partial charge in [-0.1, -0.05) is 61.5 Å². The summed E-state index contributed by atoms with van der Waals surface area (Å²) in [6, 6.07) is 23.9. The molecule has 3 atom stereocenters. The summed E-state index contributed by atoms with van der Waals surface area (Å²) >= 11 is 0. The number of anilines is 4. The van der Waals surface area contributed by atoms with Gasteiger partial charge >= 0.3 is 0 Å². The van der Waals surface area contributed by atoms with Crippen molar-refractivity contribution in [2.45, 2.75) is 38.3 Å². The van der Waals surface area contributed by atoms with Gasteiger partial charge in [0.1, 0.15) is 11.5 Å². The molecule has 0 spiro atoms. The van der Waals surface area contributed by atoms with Crippen LogP contribution in [0, 0.1) is 5.92 Å². The maximum absolute atomic E-state index is 12.9. The number of amides is 1. The number of nitrogens with zero attached hydrogens (tertiary/aromatic N) is 3. The molecule has 2 saturated heterocycles. The third-order valence-electron chi connectivity index (χ3n) is 10.4. The Hall–Kier alpha value is -4.57. The Labute approximate surface area is 337 Å². The molecule has 7 N–H and O–H groups in total. The fourth-order valence-corrected chi connectivity index (χ4v) is 7.18. The number of rotatable bonds is 22. The number of hydrogen-bond donors (Lipinski definition) is 5. The fraction of sp³-hybridized carbons (Fsp3) is 0.512. The van der Waals surface area contributed by atoms with E-state index in [9.17, 15) is 9.59 Å². The minimum atomic E-state index is -0.213. The topological polar surface area (TPSA) is 179 Å². The van der Waals surface area contributed by atoms with Gasteiger partial charge in [0.25, 0.3) is 0 Å². The molecule has 3 heterocycles. The molecule has 14 nitrogen and oxygen atoms in total. The van der Waals surface area contributed by atoms with E-state index in [1.54, 1.807) is 7.05 Å². The van der Waals surface area contributed by atoms with Crippen molar-refractivity contribution in [3.63, 3.8) is 0 Å². The number of carbonyl (C=O) groups excluding carboxylic acids is 2. The highest BCUT2D eigenvalue weighted by Crippen LogP contribution is 2.34. The minimum absolute atomic E-state index is 0.0308. The van der Waals surface area contributed by atoms with Crippen LogP contribution in [0.4, 0.5) is 22.9 Å². The van der Waals surface area contributed by atoms with Gasteiger partial charge in [-0.2, -0.15) is 0 Å². The molecular formula is C43H62N8O6. The maximum Gasteiger partial charge on any atom is 0.222 e. The lowest BCUT2D eigenvalue weighted by molar-refractivity contribution is -0.122. The molecule has 3 aromatic rings.